The Balaban J connectivity index is 1.21. The molecule has 1 spiro atoms. The van der Waals surface area contributed by atoms with Gasteiger partial charge < -0.3 is 19.9 Å². The van der Waals surface area contributed by atoms with Crippen molar-refractivity contribution in [1.29, 1.82) is 0 Å². The number of likely N-dealkylation sites (N-methyl/N-ethyl adjacent to an activating group) is 1. The molecule has 6 rings (SSSR count). The molecule has 2 aliphatic carbocycles. The van der Waals surface area contributed by atoms with Crippen LogP contribution in [-0.4, -0.2) is 70.1 Å². The summed E-state index contributed by atoms with van der Waals surface area (Å²) in [4.78, 5) is 34.1. The minimum Gasteiger partial charge on any atom is -0.472 e. The Labute approximate surface area is 200 Å². The molecule has 4 aliphatic rings. The fourth-order valence-corrected chi connectivity index (χ4v) is 5.64. The monoisotopic (exact) mass is 463 g/mol. The molecule has 1 N–H and O–H groups in total. The average molecular weight is 464 g/mol. The highest BCUT2D eigenvalue weighted by molar-refractivity contribution is 6.03. The topological polar surface area (TPSA) is 86.7 Å². The number of fused-ring (bicyclic) bond motifs is 1. The summed E-state index contributed by atoms with van der Waals surface area (Å²) in [5, 5.41) is 3.22. The normalized spacial score (nSPS) is 22.4. The maximum atomic E-state index is 13.5. The summed E-state index contributed by atoms with van der Waals surface area (Å²) in [5.41, 5.74) is 0.429. The highest BCUT2D eigenvalue weighted by Gasteiger charge is 2.54. The van der Waals surface area contributed by atoms with Gasteiger partial charge in [-0.05, 0) is 50.8 Å². The van der Waals surface area contributed by atoms with Crippen LogP contribution in [0.1, 0.15) is 51.9 Å². The van der Waals surface area contributed by atoms with Gasteiger partial charge in [0.15, 0.2) is 17.2 Å². The van der Waals surface area contributed by atoms with Gasteiger partial charge in [0, 0.05) is 32.2 Å². The molecule has 0 aromatic carbocycles. The molecule has 3 fully saturated rings. The number of hydrogen-bond donors (Lipinski definition) is 1. The first-order valence-electron chi connectivity index (χ1n) is 12.8. The zero-order valence-corrected chi connectivity index (χ0v) is 19.9. The molecule has 2 aromatic heterocycles. The summed E-state index contributed by atoms with van der Waals surface area (Å²) in [5.74, 6) is 2.40. The van der Waals surface area contributed by atoms with Crippen LogP contribution in [0.3, 0.4) is 0 Å². The van der Waals surface area contributed by atoms with Crippen LogP contribution in [0, 0.1) is 0 Å². The van der Waals surface area contributed by atoms with Crippen LogP contribution >= 0.6 is 0 Å². The van der Waals surface area contributed by atoms with E-state index in [-0.39, 0.29) is 11.9 Å². The molecular weight excluding hydrogens is 430 g/mol. The molecule has 9 heteroatoms. The number of aromatic nitrogens is 3. The zero-order valence-electron chi connectivity index (χ0n) is 19.9. The smallest absolute Gasteiger partial charge is 0.272 e. The van der Waals surface area contributed by atoms with Gasteiger partial charge >= 0.3 is 0 Å². The maximum absolute atomic E-state index is 13.5. The number of amides is 1. The number of carbonyl (C=O) groups excluding carboxylic acids is 1. The van der Waals surface area contributed by atoms with E-state index >= 15 is 0 Å². The van der Waals surface area contributed by atoms with Crippen molar-refractivity contribution < 1.29 is 9.53 Å². The first kappa shape index (κ1) is 21.6. The number of pyridine rings is 1. The third-order valence-electron chi connectivity index (χ3n) is 7.90. The molecule has 2 saturated carbocycles. The average Bonchev–Trinajstić information content (AvgIpc) is 3.38. The molecule has 4 heterocycles. The lowest BCUT2D eigenvalue weighted by molar-refractivity contribution is -0.144. The number of ether oxygens (including phenoxy) is 1. The van der Waals surface area contributed by atoms with Crippen LogP contribution in [0.2, 0.25) is 0 Å². The maximum Gasteiger partial charge on any atom is 0.272 e. The highest BCUT2D eigenvalue weighted by atomic mass is 16.5. The molecule has 0 radical (unpaired) electrons. The largest absolute Gasteiger partial charge is 0.472 e. The Kier molecular flexibility index (Phi) is 5.51. The first-order valence-corrected chi connectivity index (χ1v) is 12.8. The lowest BCUT2D eigenvalue weighted by atomic mass is 9.77. The van der Waals surface area contributed by atoms with Crippen molar-refractivity contribution in [2.75, 3.05) is 47.8 Å². The van der Waals surface area contributed by atoms with Crippen LogP contribution in [0.25, 0.3) is 0 Å². The Morgan fingerprint density at radius 3 is 2.50 bits per heavy atom. The van der Waals surface area contributed by atoms with Crippen LogP contribution in [-0.2, 0) is 4.79 Å². The Hall–Kier alpha value is -2.94. The van der Waals surface area contributed by atoms with Crippen LogP contribution in [0.15, 0.2) is 24.5 Å². The van der Waals surface area contributed by atoms with Crippen LogP contribution < -0.4 is 19.9 Å². The van der Waals surface area contributed by atoms with Gasteiger partial charge in [-0.1, -0.05) is 19.8 Å². The summed E-state index contributed by atoms with van der Waals surface area (Å²) < 4.78 is 6.19. The number of hydrogen-bond acceptors (Lipinski definition) is 8. The molecule has 1 amide bonds. The van der Waals surface area contributed by atoms with Gasteiger partial charge in [-0.15, -0.1) is 0 Å². The number of rotatable bonds is 5. The summed E-state index contributed by atoms with van der Waals surface area (Å²) in [6, 6.07) is 4.25. The van der Waals surface area contributed by atoms with E-state index in [0.29, 0.717) is 23.3 Å². The lowest BCUT2D eigenvalue weighted by Crippen LogP contribution is -2.62. The third kappa shape index (κ3) is 3.76. The molecule has 9 nitrogen and oxygen atoms in total. The molecule has 0 atom stereocenters. The van der Waals surface area contributed by atoms with E-state index in [2.05, 4.69) is 38.1 Å². The fraction of sp³-hybridized carbons (Fsp3) is 0.600. The fourth-order valence-electron chi connectivity index (χ4n) is 5.64. The molecule has 34 heavy (non-hydrogen) atoms. The van der Waals surface area contributed by atoms with E-state index in [9.17, 15) is 4.79 Å². The molecule has 0 bridgehead atoms. The Bertz CT molecular complexity index is 1040. The SMILES string of the molecule is CCN1CCN(c2ccc(Nc3ncc4c(n3)N(C3CCCC3)C(=O)C3(CCC3)O4)nc2)CC1. The van der Waals surface area contributed by atoms with Crippen molar-refractivity contribution in [3.8, 4) is 5.75 Å². The van der Waals surface area contributed by atoms with E-state index in [1.165, 1.54) is 0 Å². The molecule has 180 valence electrons. The van der Waals surface area contributed by atoms with E-state index in [4.69, 9.17) is 9.72 Å². The van der Waals surface area contributed by atoms with Gasteiger partial charge in [0.05, 0.1) is 18.1 Å². The van der Waals surface area contributed by atoms with Crippen molar-refractivity contribution >= 4 is 29.2 Å². The van der Waals surface area contributed by atoms with Crippen LogP contribution in [0.5, 0.6) is 5.75 Å². The molecule has 2 aromatic rings. The predicted octanol–water partition coefficient (Wildman–Crippen LogP) is 3.35. The Morgan fingerprint density at radius 2 is 1.85 bits per heavy atom. The minimum absolute atomic E-state index is 0.0773. The number of piperazine rings is 1. The second-order valence-electron chi connectivity index (χ2n) is 9.89. The summed E-state index contributed by atoms with van der Waals surface area (Å²) in [7, 11) is 0. The van der Waals surface area contributed by atoms with Crippen molar-refractivity contribution in [1.82, 2.24) is 19.9 Å². The minimum atomic E-state index is -0.701. The van der Waals surface area contributed by atoms with Crippen molar-refractivity contribution in [3.05, 3.63) is 24.5 Å². The van der Waals surface area contributed by atoms with E-state index < -0.39 is 5.60 Å². The second kappa shape index (κ2) is 8.69. The summed E-state index contributed by atoms with van der Waals surface area (Å²) >= 11 is 0. The molecular formula is C25H33N7O2. The third-order valence-corrected chi connectivity index (χ3v) is 7.90. The number of carbonyl (C=O) groups is 1. The van der Waals surface area contributed by atoms with E-state index in [0.717, 1.165) is 83.4 Å². The first-order chi connectivity index (χ1) is 16.6. The molecule has 0 unspecified atom stereocenters. The van der Waals surface area contributed by atoms with Crippen molar-refractivity contribution in [2.45, 2.75) is 63.5 Å². The van der Waals surface area contributed by atoms with Gasteiger partial charge in [0.1, 0.15) is 5.82 Å². The van der Waals surface area contributed by atoms with Gasteiger partial charge in [-0.3, -0.25) is 9.69 Å². The highest BCUT2D eigenvalue weighted by Crippen LogP contribution is 2.47. The Morgan fingerprint density at radius 1 is 1.06 bits per heavy atom. The van der Waals surface area contributed by atoms with Gasteiger partial charge in [0.25, 0.3) is 5.91 Å². The zero-order chi connectivity index (χ0) is 23.1. The second-order valence-corrected chi connectivity index (χ2v) is 9.89. The van der Waals surface area contributed by atoms with Crippen molar-refractivity contribution in [2.24, 2.45) is 0 Å². The van der Waals surface area contributed by atoms with E-state index in [1.807, 2.05) is 17.2 Å². The number of anilines is 4. The van der Waals surface area contributed by atoms with Gasteiger partial charge in [-0.2, -0.15) is 4.98 Å². The summed E-state index contributed by atoms with van der Waals surface area (Å²) in [6.45, 7) is 7.51. The summed E-state index contributed by atoms with van der Waals surface area (Å²) in [6.07, 6.45) is 10.5. The standard InChI is InChI=1S/C25H33N7O2/c1-2-30-12-14-31(15-13-30)19-8-9-21(26-16-19)28-24-27-17-20-22(29-24)32(18-6-3-4-7-18)23(33)25(34-20)10-5-11-25/h8-9,16-18H,2-7,10-15H2,1H3,(H,26,27,28,29). The molecule has 1 saturated heterocycles. The van der Waals surface area contributed by atoms with Gasteiger partial charge in [0.2, 0.25) is 5.95 Å². The number of nitrogens with one attached hydrogen (secondary N) is 1. The van der Waals surface area contributed by atoms with Gasteiger partial charge in [-0.25, -0.2) is 9.97 Å². The van der Waals surface area contributed by atoms with Crippen LogP contribution in [0.4, 0.5) is 23.3 Å². The lowest BCUT2D eigenvalue weighted by Gasteiger charge is -2.48. The van der Waals surface area contributed by atoms with E-state index in [1.54, 1.807) is 6.20 Å². The number of nitrogens with zero attached hydrogens (tertiary/aromatic N) is 6. The quantitative estimate of drug-likeness (QED) is 0.723. The molecule has 2 aliphatic heterocycles. The predicted molar refractivity (Wildman–Crippen MR) is 131 cm³/mol. The van der Waals surface area contributed by atoms with Crippen molar-refractivity contribution in [3.63, 3.8) is 0 Å².